The van der Waals surface area contributed by atoms with Gasteiger partial charge in [0.15, 0.2) is 5.76 Å². The third-order valence-electron chi connectivity index (χ3n) is 3.14. The SMILES string of the molecule is O=C(CSc1ncc(-c2ccc(F)cc2)o1)Nc1cc(Cl)ccc1F. The van der Waals surface area contributed by atoms with Gasteiger partial charge in [-0.05, 0) is 42.5 Å². The zero-order chi connectivity index (χ0) is 17.8. The monoisotopic (exact) mass is 380 g/mol. The summed E-state index contributed by atoms with van der Waals surface area (Å²) in [6, 6.07) is 9.67. The van der Waals surface area contributed by atoms with E-state index >= 15 is 0 Å². The fourth-order valence-corrected chi connectivity index (χ4v) is 2.75. The van der Waals surface area contributed by atoms with Gasteiger partial charge in [0, 0.05) is 10.6 Å². The maximum absolute atomic E-state index is 13.6. The number of hydrogen-bond acceptors (Lipinski definition) is 4. The number of nitrogens with one attached hydrogen (secondary N) is 1. The summed E-state index contributed by atoms with van der Waals surface area (Å²) in [5.41, 5.74) is 0.684. The van der Waals surface area contributed by atoms with E-state index in [9.17, 15) is 13.6 Å². The van der Waals surface area contributed by atoms with Crippen molar-refractivity contribution in [2.24, 2.45) is 0 Å². The number of benzene rings is 2. The molecular formula is C17H11ClF2N2O2S. The quantitative estimate of drug-likeness (QED) is 0.632. The smallest absolute Gasteiger partial charge is 0.256 e. The van der Waals surface area contributed by atoms with Crippen molar-refractivity contribution in [2.45, 2.75) is 5.22 Å². The van der Waals surface area contributed by atoms with Gasteiger partial charge < -0.3 is 9.73 Å². The van der Waals surface area contributed by atoms with E-state index in [2.05, 4.69) is 10.3 Å². The molecule has 0 bridgehead atoms. The Bertz CT molecular complexity index is 900. The molecule has 0 spiro atoms. The topological polar surface area (TPSA) is 55.1 Å². The van der Waals surface area contributed by atoms with E-state index in [0.29, 0.717) is 16.3 Å². The first-order chi connectivity index (χ1) is 12.0. The second-order valence-electron chi connectivity index (χ2n) is 4.96. The van der Waals surface area contributed by atoms with Gasteiger partial charge in [-0.15, -0.1) is 0 Å². The molecule has 0 saturated heterocycles. The molecule has 2 aromatic carbocycles. The number of hydrogen-bond donors (Lipinski definition) is 1. The molecule has 0 radical (unpaired) electrons. The number of carbonyl (C=O) groups is 1. The molecule has 8 heteroatoms. The molecule has 0 unspecified atom stereocenters. The second-order valence-corrected chi connectivity index (χ2v) is 6.32. The van der Waals surface area contributed by atoms with Crippen LogP contribution >= 0.6 is 23.4 Å². The number of amides is 1. The van der Waals surface area contributed by atoms with Crippen molar-refractivity contribution in [3.63, 3.8) is 0 Å². The van der Waals surface area contributed by atoms with Crippen LogP contribution in [0.4, 0.5) is 14.5 Å². The molecule has 1 N–H and O–H groups in total. The van der Waals surface area contributed by atoms with Crippen LogP contribution in [0.25, 0.3) is 11.3 Å². The largest absolute Gasteiger partial charge is 0.431 e. The number of anilines is 1. The Morgan fingerprint density at radius 1 is 1.20 bits per heavy atom. The van der Waals surface area contributed by atoms with Crippen LogP contribution in [-0.2, 0) is 4.79 Å². The number of aromatic nitrogens is 1. The highest BCUT2D eigenvalue weighted by Gasteiger charge is 2.12. The Morgan fingerprint density at radius 3 is 2.72 bits per heavy atom. The lowest BCUT2D eigenvalue weighted by Crippen LogP contribution is -2.15. The molecule has 0 saturated carbocycles. The molecule has 0 fully saturated rings. The van der Waals surface area contributed by atoms with Gasteiger partial charge in [0.05, 0.1) is 17.6 Å². The summed E-state index contributed by atoms with van der Waals surface area (Å²) >= 11 is 6.83. The third-order valence-corrected chi connectivity index (χ3v) is 4.22. The van der Waals surface area contributed by atoms with Gasteiger partial charge in [-0.25, -0.2) is 13.8 Å². The molecule has 0 aliphatic heterocycles. The maximum Gasteiger partial charge on any atom is 0.256 e. The first kappa shape index (κ1) is 17.4. The number of rotatable bonds is 5. The summed E-state index contributed by atoms with van der Waals surface area (Å²) in [4.78, 5) is 16.0. The van der Waals surface area contributed by atoms with Gasteiger partial charge in [-0.2, -0.15) is 0 Å². The normalized spacial score (nSPS) is 10.7. The highest BCUT2D eigenvalue weighted by molar-refractivity contribution is 7.99. The van der Waals surface area contributed by atoms with Crippen LogP contribution < -0.4 is 5.32 Å². The summed E-state index contributed by atoms with van der Waals surface area (Å²) in [5.74, 6) is -0.897. The maximum atomic E-state index is 13.6. The van der Waals surface area contributed by atoms with Crippen molar-refractivity contribution in [2.75, 3.05) is 11.1 Å². The average Bonchev–Trinajstić information content (AvgIpc) is 3.06. The summed E-state index contributed by atoms with van der Waals surface area (Å²) in [6.45, 7) is 0. The van der Waals surface area contributed by atoms with Crippen molar-refractivity contribution in [1.82, 2.24) is 4.98 Å². The van der Waals surface area contributed by atoms with E-state index in [1.165, 1.54) is 36.5 Å². The van der Waals surface area contributed by atoms with Crippen LogP contribution in [0, 0.1) is 11.6 Å². The Kier molecular flexibility index (Phi) is 5.35. The van der Waals surface area contributed by atoms with Gasteiger partial charge in [0.1, 0.15) is 11.6 Å². The molecule has 0 atom stereocenters. The summed E-state index contributed by atoms with van der Waals surface area (Å²) < 4.78 is 32.0. The minimum atomic E-state index is -0.572. The molecule has 1 aromatic heterocycles. The van der Waals surface area contributed by atoms with Crippen molar-refractivity contribution < 1.29 is 18.0 Å². The van der Waals surface area contributed by atoms with Crippen molar-refractivity contribution >= 4 is 35.0 Å². The molecule has 3 aromatic rings. The van der Waals surface area contributed by atoms with E-state index in [1.807, 2.05) is 0 Å². The van der Waals surface area contributed by atoms with E-state index in [-0.39, 0.29) is 22.5 Å². The van der Waals surface area contributed by atoms with Crippen LogP contribution in [0.15, 0.2) is 58.3 Å². The number of halogens is 3. The van der Waals surface area contributed by atoms with Crippen LogP contribution in [-0.4, -0.2) is 16.6 Å². The molecule has 0 aliphatic carbocycles. The Labute approximate surface area is 151 Å². The summed E-state index contributed by atoms with van der Waals surface area (Å²) in [6.07, 6.45) is 1.49. The number of nitrogens with zero attached hydrogens (tertiary/aromatic N) is 1. The fraction of sp³-hybridized carbons (Fsp3) is 0.0588. The lowest BCUT2D eigenvalue weighted by Gasteiger charge is -2.05. The number of carbonyl (C=O) groups excluding carboxylic acids is 1. The van der Waals surface area contributed by atoms with E-state index < -0.39 is 11.7 Å². The molecule has 1 amide bonds. The Hall–Kier alpha value is -2.38. The van der Waals surface area contributed by atoms with Crippen LogP contribution in [0.5, 0.6) is 0 Å². The lowest BCUT2D eigenvalue weighted by atomic mass is 10.2. The molecular weight excluding hydrogens is 370 g/mol. The highest BCUT2D eigenvalue weighted by atomic mass is 35.5. The van der Waals surface area contributed by atoms with Gasteiger partial charge in [-0.3, -0.25) is 4.79 Å². The van der Waals surface area contributed by atoms with Crippen LogP contribution in [0.2, 0.25) is 5.02 Å². The predicted octanol–water partition coefficient (Wildman–Crippen LogP) is 5.00. The van der Waals surface area contributed by atoms with Gasteiger partial charge in [0.25, 0.3) is 5.22 Å². The average molecular weight is 381 g/mol. The lowest BCUT2D eigenvalue weighted by molar-refractivity contribution is -0.113. The number of oxazole rings is 1. The molecule has 25 heavy (non-hydrogen) atoms. The van der Waals surface area contributed by atoms with Gasteiger partial charge >= 0.3 is 0 Å². The molecule has 3 rings (SSSR count). The Morgan fingerprint density at radius 2 is 1.96 bits per heavy atom. The minimum absolute atomic E-state index is 0.0116. The summed E-state index contributed by atoms with van der Waals surface area (Å²) in [5, 5.41) is 3.03. The molecule has 0 aliphatic rings. The van der Waals surface area contributed by atoms with Crippen molar-refractivity contribution in [3.05, 3.63) is 65.3 Å². The first-order valence-electron chi connectivity index (χ1n) is 7.11. The second kappa shape index (κ2) is 7.67. The van der Waals surface area contributed by atoms with Gasteiger partial charge in [0.2, 0.25) is 5.91 Å². The van der Waals surface area contributed by atoms with Crippen LogP contribution in [0.1, 0.15) is 0 Å². The molecule has 128 valence electrons. The van der Waals surface area contributed by atoms with E-state index in [4.69, 9.17) is 16.0 Å². The van der Waals surface area contributed by atoms with Crippen LogP contribution in [0.3, 0.4) is 0 Å². The third kappa shape index (κ3) is 4.58. The predicted molar refractivity (Wildman–Crippen MR) is 92.7 cm³/mol. The van der Waals surface area contributed by atoms with E-state index in [1.54, 1.807) is 12.1 Å². The fourth-order valence-electron chi connectivity index (χ4n) is 1.98. The molecule has 1 heterocycles. The summed E-state index contributed by atoms with van der Waals surface area (Å²) in [7, 11) is 0. The zero-order valence-electron chi connectivity index (χ0n) is 12.6. The van der Waals surface area contributed by atoms with Crippen molar-refractivity contribution in [1.29, 1.82) is 0 Å². The van der Waals surface area contributed by atoms with Crippen molar-refractivity contribution in [3.8, 4) is 11.3 Å². The first-order valence-corrected chi connectivity index (χ1v) is 8.47. The molecule has 4 nitrogen and oxygen atoms in total. The minimum Gasteiger partial charge on any atom is -0.431 e. The zero-order valence-corrected chi connectivity index (χ0v) is 14.2. The van der Waals surface area contributed by atoms with E-state index in [0.717, 1.165) is 11.8 Å². The Balaban J connectivity index is 1.59. The standard InChI is InChI=1S/C17H11ClF2N2O2S/c18-11-3-6-13(20)14(7-11)22-16(23)9-25-17-21-8-15(24-17)10-1-4-12(19)5-2-10/h1-8H,9H2,(H,22,23). The van der Waals surface area contributed by atoms with Gasteiger partial charge in [-0.1, -0.05) is 23.4 Å². The highest BCUT2D eigenvalue weighted by Crippen LogP contribution is 2.26. The number of thioether (sulfide) groups is 1.